The van der Waals surface area contributed by atoms with Gasteiger partial charge < -0.3 is 15.0 Å². The first-order valence-electron chi connectivity index (χ1n) is 13.9. The molecule has 38 heavy (non-hydrogen) atoms. The smallest absolute Gasteiger partial charge is 0.167 e. The van der Waals surface area contributed by atoms with Crippen molar-refractivity contribution in [3.05, 3.63) is 42.0 Å². The molecule has 0 aliphatic heterocycles. The number of rotatable bonds is 17. The number of nitrogens with zero attached hydrogens (tertiary/aromatic N) is 1. The molecule has 0 saturated carbocycles. The van der Waals surface area contributed by atoms with Crippen molar-refractivity contribution in [2.75, 3.05) is 38.8 Å². The van der Waals surface area contributed by atoms with Crippen molar-refractivity contribution in [1.82, 2.24) is 10.2 Å². The molecule has 0 heterocycles. The molecule has 0 saturated heterocycles. The molecule has 0 fully saturated rings. The van der Waals surface area contributed by atoms with Crippen LogP contribution in [-0.2, 0) is 4.74 Å². The molecular weight excluding hydrogens is 508 g/mol. The Morgan fingerprint density at radius 2 is 1.42 bits per heavy atom. The van der Waals surface area contributed by atoms with Crippen LogP contribution in [0.1, 0.15) is 98.0 Å². The average molecular weight is 565 g/mol. The third-order valence-electron chi connectivity index (χ3n) is 6.55. The minimum absolute atomic E-state index is 0.0186. The van der Waals surface area contributed by atoms with Crippen LogP contribution in [0.4, 0.5) is 0 Å². The van der Waals surface area contributed by atoms with Crippen molar-refractivity contribution in [2.24, 2.45) is 5.92 Å². The van der Waals surface area contributed by atoms with Gasteiger partial charge in [-0.1, -0.05) is 51.6 Å². The molecular formula is C32H56N2O2S2. The Kier molecular flexibility index (Phi) is 13.5. The van der Waals surface area contributed by atoms with Gasteiger partial charge in [0, 0.05) is 56.9 Å². The lowest BCUT2D eigenvalue weighted by atomic mass is 9.97. The Bertz CT molecular complexity index is 884. The van der Waals surface area contributed by atoms with E-state index in [-0.39, 0.29) is 32.3 Å². The predicted octanol–water partition coefficient (Wildman–Crippen LogP) is 8.02. The fourth-order valence-electron chi connectivity index (χ4n) is 3.97. The van der Waals surface area contributed by atoms with Gasteiger partial charge in [-0.15, -0.1) is 0 Å². The summed E-state index contributed by atoms with van der Waals surface area (Å²) in [5, 5.41) is 3.51. The van der Waals surface area contributed by atoms with Crippen LogP contribution < -0.4 is 5.32 Å². The first kappa shape index (κ1) is 35.1. The van der Waals surface area contributed by atoms with E-state index in [2.05, 4.69) is 100 Å². The molecule has 218 valence electrons. The summed E-state index contributed by atoms with van der Waals surface area (Å²) in [6, 6.07) is 7.99. The number of ether oxygens (including phenoxy) is 1. The second-order valence-corrected chi connectivity index (χ2v) is 17.0. The molecule has 1 rings (SSSR count). The highest BCUT2D eigenvalue weighted by Gasteiger charge is 2.29. The number of carbonyl (C=O) groups excluding carboxylic acids is 1. The van der Waals surface area contributed by atoms with Crippen LogP contribution in [0, 0.1) is 5.92 Å². The summed E-state index contributed by atoms with van der Waals surface area (Å²) in [6.07, 6.45) is 1.95. The second-order valence-electron chi connectivity index (χ2n) is 13.6. The summed E-state index contributed by atoms with van der Waals surface area (Å²) in [5.41, 5.74) is 2.54. The normalized spacial score (nSPS) is 14.0. The van der Waals surface area contributed by atoms with Gasteiger partial charge in [-0.2, -0.15) is 23.5 Å². The SMILES string of the molecule is C=C(NC(C)(C)CC)c1ccc(C(=O)C(CSC(C)(C)CCOC(C)(C)C)CSC(C)(C)CN(C)C)cc1. The first-order chi connectivity index (χ1) is 17.3. The molecule has 0 radical (unpaired) electrons. The Balaban J connectivity index is 3.01. The summed E-state index contributed by atoms with van der Waals surface area (Å²) >= 11 is 3.80. The number of benzene rings is 1. The number of thioether (sulfide) groups is 2. The molecule has 1 atom stereocenters. The van der Waals surface area contributed by atoms with Gasteiger partial charge in [0.1, 0.15) is 0 Å². The third-order valence-corrected chi connectivity index (χ3v) is 9.58. The topological polar surface area (TPSA) is 41.6 Å². The average Bonchev–Trinajstić information content (AvgIpc) is 2.76. The third kappa shape index (κ3) is 13.9. The summed E-state index contributed by atoms with van der Waals surface area (Å²) < 4.78 is 6.09. The molecule has 4 nitrogen and oxygen atoms in total. The van der Waals surface area contributed by atoms with Gasteiger partial charge >= 0.3 is 0 Å². The van der Waals surface area contributed by atoms with Crippen LogP contribution in [0.25, 0.3) is 5.70 Å². The van der Waals surface area contributed by atoms with E-state index < -0.39 is 0 Å². The van der Waals surface area contributed by atoms with Gasteiger partial charge in [0.2, 0.25) is 0 Å². The lowest BCUT2D eigenvalue weighted by Gasteiger charge is -2.31. The maximum Gasteiger partial charge on any atom is 0.167 e. The van der Waals surface area contributed by atoms with Gasteiger partial charge in [-0.3, -0.25) is 4.79 Å². The fraction of sp³-hybridized carbons (Fsp3) is 0.719. The van der Waals surface area contributed by atoms with Crippen LogP contribution in [0.3, 0.4) is 0 Å². The standard InChI is InChI=1S/C32H56N2O2S2/c1-14-30(6,7)33-24(2)25-15-17-26(18-16-25)28(35)27(22-38-32(10,11)23-34(12)13)21-37-31(8,9)19-20-36-29(3,4)5/h15-18,27,33H,2,14,19-23H2,1,3-13H3. The highest BCUT2D eigenvalue weighted by molar-refractivity contribution is 8.01. The lowest BCUT2D eigenvalue weighted by Crippen LogP contribution is -2.36. The van der Waals surface area contributed by atoms with Crippen molar-refractivity contribution < 1.29 is 9.53 Å². The van der Waals surface area contributed by atoms with Gasteiger partial charge in [0.05, 0.1) is 5.60 Å². The minimum atomic E-state index is -0.132. The molecule has 0 amide bonds. The molecule has 0 bridgehead atoms. The summed E-state index contributed by atoms with van der Waals surface area (Å²) in [4.78, 5) is 16.0. The molecule has 1 unspecified atom stereocenters. The Morgan fingerprint density at radius 1 is 0.921 bits per heavy atom. The van der Waals surface area contributed by atoms with E-state index in [4.69, 9.17) is 4.74 Å². The molecule has 0 aliphatic rings. The number of carbonyl (C=O) groups is 1. The van der Waals surface area contributed by atoms with E-state index in [0.717, 1.165) is 54.3 Å². The van der Waals surface area contributed by atoms with E-state index >= 15 is 0 Å². The number of ketones is 1. The molecule has 1 aromatic carbocycles. The maximum atomic E-state index is 13.8. The van der Waals surface area contributed by atoms with E-state index in [1.54, 1.807) is 0 Å². The van der Waals surface area contributed by atoms with Crippen LogP contribution in [-0.4, -0.2) is 70.1 Å². The molecule has 0 aromatic heterocycles. The van der Waals surface area contributed by atoms with Crippen molar-refractivity contribution in [1.29, 1.82) is 0 Å². The maximum absolute atomic E-state index is 13.8. The van der Waals surface area contributed by atoms with Crippen molar-refractivity contribution in [2.45, 2.75) is 103 Å². The van der Waals surface area contributed by atoms with E-state index in [0.29, 0.717) is 0 Å². The number of hydrogen-bond acceptors (Lipinski definition) is 6. The fourth-order valence-corrected chi connectivity index (χ4v) is 6.54. The molecule has 6 heteroatoms. The van der Waals surface area contributed by atoms with Gasteiger partial charge in [0.15, 0.2) is 5.78 Å². The largest absolute Gasteiger partial charge is 0.380 e. The quantitative estimate of drug-likeness (QED) is 0.193. The van der Waals surface area contributed by atoms with E-state index in [1.807, 2.05) is 47.8 Å². The van der Waals surface area contributed by atoms with Crippen molar-refractivity contribution >= 4 is 35.0 Å². The number of Topliss-reactive ketones (excluding diaryl/α,β-unsaturated/α-hetero) is 1. The zero-order valence-electron chi connectivity index (χ0n) is 26.4. The Hall–Kier alpha value is -0.950. The Morgan fingerprint density at radius 3 is 1.89 bits per heavy atom. The Labute approximate surface area is 243 Å². The second kappa shape index (κ2) is 14.6. The van der Waals surface area contributed by atoms with Gasteiger partial charge in [-0.05, 0) is 81.0 Å². The first-order valence-corrected chi connectivity index (χ1v) is 15.9. The highest BCUT2D eigenvalue weighted by Crippen LogP contribution is 2.35. The van der Waals surface area contributed by atoms with Gasteiger partial charge in [0.25, 0.3) is 0 Å². The van der Waals surface area contributed by atoms with Crippen molar-refractivity contribution in [3.8, 4) is 0 Å². The molecule has 1 aromatic rings. The van der Waals surface area contributed by atoms with Crippen LogP contribution in [0.5, 0.6) is 0 Å². The number of hydrogen-bond donors (Lipinski definition) is 1. The summed E-state index contributed by atoms with van der Waals surface area (Å²) in [6.45, 7) is 27.8. The van der Waals surface area contributed by atoms with Crippen LogP contribution >= 0.6 is 23.5 Å². The predicted molar refractivity (Wildman–Crippen MR) is 173 cm³/mol. The zero-order valence-corrected chi connectivity index (χ0v) is 28.0. The van der Waals surface area contributed by atoms with Crippen molar-refractivity contribution in [3.63, 3.8) is 0 Å². The van der Waals surface area contributed by atoms with E-state index in [9.17, 15) is 4.79 Å². The minimum Gasteiger partial charge on any atom is -0.380 e. The van der Waals surface area contributed by atoms with Gasteiger partial charge in [-0.25, -0.2) is 0 Å². The number of nitrogens with one attached hydrogen (secondary N) is 1. The zero-order chi connectivity index (χ0) is 29.4. The van der Waals surface area contributed by atoms with Crippen LogP contribution in [0.2, 0.25) is 0 Å². The van der Waals surface area contributed by atoms with Crippen LogP contribution in [0.15, 0.2) is 30.8 Å². The van der Waals surface area contributed by atoms with E-state index in [1.165, 1.54) is 0 Å². The summed E-state index contributed by atoms with van der Waals surface area (Å²) in [5.74, 6) is 1.78. The monoisotopic (exact) mass is 564 g/mol. The highest BCUT2D eigenvalue weighted by atomic mass is 32.2. The summed E-state index contributed by atoms with van der Waals surface area (Å²) in [7, 11) is 4.21. The lowest BCUT2D eigenvalue weighted by molar-refractivity contribution is -0.00623. The molecule has 0 aliphatic carbocycles. The molecule has 1 N–H and O–H groups in total. The molecule has 0 spiro atoms.